The van der Waals surface area contributed by atoms with E-state index in [0.29, 0.717) is 24.7 Å². The molecular formula is C21H23N5O3. The van der Waals surface area contributed by atoms with Crippen LogP contribution in [-0.4, -0.2) is 36.9 Å². The van der Waals surface area contributed by atoms with Crippen molar-refractivity contribution >= 4 is 5.97 Å². The van der Waals surface area contributed by atoms with Gasteiger partial charge in [0.05, 0.1) is 18.0 Å². The number of aromatic nitrogens is 5. The lowest BCUT2D eigenvalue weighted by molar-refractivity contribution is -0.135. The van der Waals surface area contributed by atoms with Crippen molar-refractivity contribution in [2.45, 2.75) is 46.2 Å². The molecule has 2 aliphatic rings. The van der Waals surface area contributed by atoms with E-state index in [1.165, 1.54) is 0 Å². The first-order valence-electron chi connectivity index (χ1n) is 9.99. The summed E-state index contributed by atoms with van der Waals surface area (Å²) in [6, 6.07) is 5.66. The maximum Gasteiger partial charge on any atom is 0.314 e. The number of carbonyl (C=O) groups excluding carboxylic acids is 1. The molecule has 150 valence electrons. The zero-order valence-corrected chi connectivity index (χ0v) is 16.8. The molecule has 1 aliphatic carbocycles. The number of imidazole rings is 1. The third kappa shape index (κ3) is 3.28. The molecule has 8 nitrogen and oxygen atoms in total. The summed E-state index contributed by atoms with van der Waals surface area (Å²) in [6.45, 7) is 7.21. The van der Waals surface area contributed by atoms with Crippen molar-refractivity contribution in [1.29, 1.82) is 0 Å². The number of ether oxygens (including phenoxy) is 2. The first-order valence-corrected chi connectivity index (χ1v) is 9.99. The number of fused-ring (bicyclic) bond motifs is 3. The minimum absolute atomic E-state index is 0.0537. The maximum atomic E-state index is 12.0. The number of hydrogen-bond donors (Lipinski definition) is 0. The predicted molar refractivity (Wildman–Crippen MR) is 106 cm³/mol. The highest BCUT2D eigenvalue weighted by Gasteiger charge is 2.32. The summed E-state index contributed by atoms with van der Waals surface area (Å²) >= 11 is 0. The summed E-state index contributed by atoms with van der Waals surface area (Å²) in [5, 5.41) is 4.50. The van der Waals surface area contributed by atoms with Gasteiger partial charge in [-0.05, 0) is 45.7 Å². The van der Waals surface area contributed by atoms with Crippen LogP contribution in [0.5, 0.6) is 11.5 Å². The topological polar surface area (TPSA) is 84.1 Å². The molecule has 1 aromatic carbocycles. The molecule has 0 radical (unpaired) electrons. The number of esters is 1. The minimum Gasteiger partial charge on any atom is -0.491 e. The van der Waals surface area contributed by atoms with Crippen LogP contribution >= 0.6 is 0 Å². The molecule has 0 spiro atoms. The van der Waals surface area contributed by atoms with Crippen LogP contribution in [0.1, 0.15) is 38.6 Å². The van der Waals surface area contributed by atoms with Crippen LogP contribution < -0.4 is 9.47 Å². The van der Waals surface area contributed by atoms with E-state index >= 15 is 0 Å². The summed E-state index contributed by atoms with van der Waals surface area (Å²) in [7, 11) is 0. The number of hydrogen-bond acceptors (Lipinski definition) is 6. The Kier molecular flexibility index (Phi) is 4.15. The van der Waals surface area contributed by atoms with Crippen LogP contribution in [0.3, 0.4) is 0 Å². The molecule has 0 saturated heterocycles. The Morgan fingerprint density at radius 1 is 1.24 bits per heavy atom. The molecule has 1 fully saturated rings. The molecule has 5 rings (SSSR count). The summed E-state index contributed by atoms with van der Waals surface area (Å²) in [5.74, 6) is 3.37. The van der Waals surface area contributed by atoms with E-state index in [1.807, 2.05) is 23.9 Å². The van der Waals surface area contributed by atoms with E-state index in [1.54, 1.807) is 12.1 Å². The van der Waals surface area contributed by atoms with Gasteiger partial charge in [-0.25, -0.2) is 14.6 Å². The van der Waals surface area contributed by atoms with Gasteiger partial charge >= 0.3 is 5.97 Å². The Morgan fingerprint density at radius 3 is 2.83 bits per heavy atom. The smallest absolute Gasteiger partial charge is 0.314 e. The Hall–Kier alpha value is -3.16. The second-order valence-corrected chi connectivity index (χ2v) is 7.87. The first-order chi connectivity index (χ1) is 14.0. The molecule has 0 amide bonds. The summed E-state index contributed by atoms with van der Waals surface area (Å²) in [5.41, 5.74) is 1.65. The van der Waals surface area contributed by atoms with Crippen molar-refractivity contribution < 1.29 is 14.3 Å². The molecule has 8 heteroatoms. The quantitative estimate of drug-likeness (QED) is 0.499. The van der Waals surface area contributed by atoms with Crippen molar-refractivity contribution in [3.05, 3.63) is 30.2 Å². The normalized spacial score (nSPS) is 15.4. The molecular weight excluding hydrogens is 370 g/mol. The lowest BCUT2D eigenvalue weighted by Gasteiger charge is -2.09. The van der Waals surface area contributed by atoms with Crippen LogP contribution in [0.2, 0.25) is 0 Å². The number of aryl methyl sites for hydroxylation is 1. The summed E-state index contributed by atoms with van der Waals surface area (Å²) < 4.78 is 15.4. The van der Waals surface area contributed by atoms with Crippen LogP contribution in [0, 0.1) is 12.8 Å². The molecule has 1 saturated carbocycles. The maximum absolute atomic E-state index is 12.0. The van der Waals surface area contributed by atoms with Gasteiger partial charge in [0.2, 0.25) is 0 Å². The summed E-state index contributed by atoms with van der Waals surface area (Å²) in [6.07, 6.45) is 3.83. The SMILES string of the molecule is Cc1nc(-c2cn3c(n2)-c2ccc(OC(=O)C4CC4)cc2OCC3)n(C(C)C)n1. The van der Waals surface area contributed by atoms with E-state index in [4.69, 9.17) is 14.5 Å². The highest BCUT2D eigenvalue weighted by Crippen LogP contribution is 2.37. The molecule has 2 aromatic heterocycles. The Labute approximate surface area is 168 Å². The molecule has 1 aliphatic heterocycles. The van der Waals surface area contributed by atoms with E-state index in [-0.39, 0.29) is 17.9 Å². The fourth-order valence-electron chi connectivity index (χ4n) is 3.52. The van der Waals surface area contributed by atoms with Crippen LogP contribution in [0.15, 0.2) is 24.4 Å². The van der Waals surface area contributed by atoms with E-state index < -0.39 is 0 Å². The second kappa shape index (κ2) is 6.72. The molecule has 0 N–H and O–H groups in total. The third-order valence-electron chi connectivity index (χ3n) is 5.14. The van der Waals surface area contributed by atoms with Gasteiger partial charge in [-0.3, -0.25) is 4.79 Å². The van der Waals surface area contributed by atoms with Crippen molar-refractivity contribution in [1.82, 2.24) is 24.3 Å². The Bertz CT molecular complexity index is 1090. The predicted octanol–water partition coefficient (Wildman–Crippen LogP) is 3.41. The van der Waals surface area contributed by atoms with Crippen molar-refractivity contribution in [3.8, 4) is 34.4 Å². The highest BCUT2D eigenvalue weighted by molar-refractivity contribution is 5.78. The van der Waals surface area contributed by atoms with E-state index in [2.05, 4.69) is 28.5 Å². The van der Waals surface area contributed by atoms with Gasteiger partial charge in [0.1, 0.15) is 35.4 Å². The molecule has 29 heavy (non-hydrogen) atoms. The number of rotatable bonds is 4. The molecule has 3 aromatic rings. The molecule has 0 unspecified atom stereocenters. The van der Waals surface area contributed by atoms with E-state index in [9.17, 15) is 4.79 Å². The van der Waals surface area contributed by atoms with Crippen molar-refractivity contribution in [3.63, 3.8) is 0 Å². The standard InChI is InChI=1S/C21H23N5O3/c1-12(2)26-20(22-13(3)24-26)17-11-25-8-9-28-18-10-15(29-21(27)14-4-5-14)6-7-16(18)19(25)23-17/h6-7,10-12,14H,4-5,8-9H2,1-3H3. The Morgan fingerprint density at radius 2 is 2.07 bits per heavy atom. The van der Waals surface area contributed by atoms with Crippen molar-refractivity contribution in [2.75, 3.05) is 6.61 Å². The zero-order chi connectivity index (χ0) is 20.1. The molecule has 0 atom stereocenters. The van der Waals surface area contributed by atoms with Gasteiger partial charge < -0.3 is 14.0 Å². The fraction of sp³-hybridized carbons (Fsp3) is 0.429. The highest BCUT2D eigenvalue weighted by atomic mass is 16.5. The second-order valence-electron chi connectivity index (χ2n) is 7.87. The fourth-order valence-corrected chi connectivity index (χ4v) is 3.52. The van der Waals surface area contributed by atoms with Gasteiger partial charge in [-0.1, -0.05) is 0 Å². The minimum atomic E-state index is -0.161. The van der Waals surface area contributed by atoms with Gasteiger partial charge in [0.25, 0.3) is 0 Å². The summed E-state index contributed by atoms with van der Waals surface area (Å²) in [4.78, 5) is 21.4. The number of nitrogens with zero attached hydrogens (tertiary/aromatic N) is 5. The average Bonchev–Trinajstić information content (AvgIpc) is 3.38. The number of benzene rings is 1. The largest absolute Gasteiger partial charge is 0.491 e. The van der Waals surface area contributed by atoms with Crippen LogP contribution in [0.4, 0.5) is 0 Å². The molecule has 3 heterocycles. The monoisotopic (exact) mass is 393 g/mol. The van der Waals surface area contributed by atoms with Gasteiger partial charge in [-0.2, -0.15) is 5.10 Å². The van der Waals surface area contributed by atoms with Gasteiger partial charge in [0, 0.05) is 18.3 Å². The van der Waals surface area contributed by atoms with Gasteiger partial charge in [-0.15, -0.1) is 0 Å². The molecule has 0 bridgehead atoms. The van der Waals surface area contributed by atoms with E-state index in [0.717, 1.165) is 41.6 Å². The third-order valence-corrected chi connectivity index (χ3v) is 5.14. The zero-order valence-electron chi connectivity index (χ0n) is 16.8. The first kappa shape index (κ1) is 17.9. The number of carbonyl (C=O) groups is 1. The van der Waals surface area contributed by atoms with Crippen LogP contribution in [-0.2, 0) is 11.3 Å². The lowest BCUT2D eigenvalue weighted by Crippen LogP contribution is -2.10. The lowest BCUT2D eigenvalue weighted by atomic mass is 10.2. The Balaban J connectivity index is 1.52. The average molecular weight is 393 g/mol. The van der Waals surface area contributed by atoms with Crippen LogP contribution in [0.25, 0.3) is 22.9 Å². The van der Waals surface area contributed by atoms with Crippen molar-refractivity contribution in [2.24, 2.45) is 5.92 Å². The van der Waals surface area contributed by atoms with Gasteiger partial charge in [0.15, 0.2) is 5.82 Å².